The average molecular weight is 247 g/mol. The lowest BCUT2D eigenvalue weighted by Crippen LogP contribution is -1.74. The van der Waals surface area contributed by atoms with E-state index in [0.29, 0.717) is 5.13 Å². The molecule has 0 fully saturated rings. The SMILES string of the molecule is C=Nc1nc2ccc3sc(CC)nc3c2s1. The Morgan fingerprint density at radius 2 is 2.19 bits per heavy atom. The number of fused-ring (bicyclic) bond motifs is 3. The molecule has 0 aliphatic rings. The van der Waals surface area contributed by atoms with Crippen LogP contribution in [0.3, 0.4) is 0 Å². The largest absolute Gasteiger partial charge is 0.240 e. The molecule has 3 nitrogen and oxygen atoms in total. The molecule has 80 valence electrons. The minimum absolute atomic E-state index is 0.716. The summed E-state index contributed by atoms with van der Waals surface area (Å²) in [7, 11) is 0. The van der Waals surface area contributed by atoms with E-state index in [9.17, 15) is 0 Å². The van der Waals surface area contributed by atoms with Gasteiger partial charge in [-0.25, -0.2) is 15.0 Å². The maximum atomic E-state index is 4.63. The number of thiazole rings is 2. The number of hydrogen-bond donors (Lipinski definition) is 0. The number of aryl methyl sites for hydroxylation is 1. The molecule has 0 spiro atoms. The van der Waals surface area contributed by atoms with Crippen LogP contribution in [0.25, 0.3) is 20.4 Å². The van der Waals surface area contributed by atoms with Crippen molar-refractivity contribution in [2.24, 2.45) is 4.99 Å². The standard InChI is InChI=1S/C11H9N3S2/c1-3-8-14-9-7(15-8)5-4-6-10(9)16-11(12-2)13-6/h4-5H,2-3H2,1H3. The van der Waals surface area contributed by atoms with E-state index in [-0.39, 0.29) is 0 Å². The van der Waals surface area contributed by atoms with Crippen molar-refractivity contribution in [3.05, 3.63) is 17.1 Å². The van der Waals surface area contributed by atoms with E-state index in [2.05, 4.69) is 34.7 Å². The second kappa shape index (κ2) is 3.61. The Kier molecular flexibility index (Phi) is 2.22. The Balaban J connectivity index is 2.42. The smallest absolute Gasteiger partial charge is 0.209 e. The van der Waals surface area contributed by atoms with Crippen molar-refractivity contribution in [2.75, 3.05) is 0 Å². The normalized spacial score (nSPS) is 11.3. The fourth-order valence-corrected chi connectivity index (χ4v) is 3.47. The van der Waals surface area contributed by atoms with Crippen molar-refractivity contribution in [3.8, 4) is 0 Å². The summed E-state index contributed by atoms with van der Waals surface area (Å²) in [4.78, 5) is 12.9. The zero-order valence-electron chi connectivity index (χ0n) is 8.73. The van der Waals surface area contributed by atoms with E-state index < -0.39 is 0 Å². The summed E-state index contributed by atoms with van der Waals surface area (Å²) in [6.07, 6.45) is 0.978. The maximum Gasteiger partial charge on any atom is 0.209 e. The fraction of sp³-hybridized carbons (Fsp3) is 0.182. The molecule has 0 aliphatic heterocycles. The van der Waals surface area contributed by atoms with Gasteiger partial charge in [0.2, 0.25) is 5.13 Å². The van der Waals surface area contributed by atoms with Crippen LogP contribution in [0.1, 0.15) is 11.9 Å². The van der Waals surface area contributed by atoms with E-state index in [4.69, 9.17) is 0 Å². The highest BCUT2D eigenvalue weighted by Gasteiger charge is 2.10. The van der Waals surface area contributed by atoms with Gasteiger partial charge in [0.05, 0.1) is 19.9 Å². The maximum absolute atomic E-state index is 4.63. The van der Waals surface area contributed by atoms with Crippen LogP contribution in [0.15, 0.2) is 17.1 Å². The molecule has 3 aromatic rings. The number of benzene rings is 1. The van der Waals surface area contributed by atoms with E-state index in [0.717, 1.165) is 22.2 Å². The van der Waals surface area contributed by atoms with Gasteiger partial charge in [-0.1, -0.05) is 18.3 Å². The lowest BCUT2D eigenvalue weighted by atomic mass is 10.3. The summed E-state index contributed by atoms with van der Waals surface area (Å²) in [5, 5.41) is 1.89. The van der Waals surface area contributed by atoms with Crippen LogP contribution in [0.4, 0.5) is 5.13 Å². The van der Waals surface area contributed by atoms with Gasteiger partial charge < -0.3 is 0 Å². The molecular weight excluding hydrogens is 238 g/mol. The molecule has 1 aromatic carbocycles. The van der Waals surface area contributed by atoms with Gasteiger partial charge in [0.25, 0.3) is 0 Å². The first kappa shape index (κ1) is 9.86. The topological polar surface area (TPSA) is 38.1 Å². The Morgan fingerprint density at radius 1 is 1.31 bits per heavy atom. The number of hydrogen-bond acceptors (Lipinski definition) is 5. The van der Waals surface area contributed by atoms with Gasteiger partial charge in [-0.2, -0.15) is 0 Å². The zero-order valence-corrected chi connectivity index (χ0v) is 10.4. The molecule has 0 saturated carbocycles. The Bertz CT molecular complexity index is 681. The van der Waals surface area contributed by atoms with Crippen LogP contribution in [-0.2, 0) is 6.42 Å². The van der Waals surface area contributed by atoms with Crippen LogP contribution < -0.4 is 0 Å². The number of rotatable bonds is 2. The Labute approximate surface area is 101 Å². The van der Waals surface area contributed by atoms with Crippen molar-refractivity contribution in [2.45, 2.75) is 13.3 Å². The van der Waals surface area contributed by atoms with E-state index in [1.54, 1.807) is 22.7 Å². The number of aromatic nitrogens is 2. The molecule has 0 bridgehead atoms. The molecule has 2 aromatic heterocycles. The monoisotopic (exact) mass is 247 g/mol. The molecule has 16 heavy (non-hydrogen) atoms. The molecule has 5 heteroatoms. The van der Waals surface area contributed by atoms with Gasteiger partial charge in [0, 0.05) is 0 Å². The van der Waals surface area contributed by atoms with Gasteiger partial charge in [-0.15, -0.1) is 11.3 Å². The Hall–Kier alpha value is -1.33. The molecule has 0 amide bonds. The lowest BCUT2D eigenvalue weighted by Gasteiger charge is -1.87. The predicted octanol–water partition coefficient (Wildman–Crippen LogP) is 3.80. The van der Waals surface area contributed by atoms with Crippen molar-refractivity contribution in [3.63, 3.8) is 0 Å². The third-order valence-corrected chi connectivity index (χ3v) is 4.56. The molecule has 0 radical (unpaired) electrons. The fourth-order valence-electron chi connectivity index (χ4n) is 1.63. The highest BCUT2D eigenvalue weighted by Crippen LogP contribution is 2.35. The highest BCUT2D eigenvalue weighted by atomic mass is 32.1. The molecular formula is C11H9N3S2. The van der Waals surface area contributed by atoms with Crippen LogP contribution in [0.5, 0.6) is 0 Å². The van der Waals surface area contributed by atoms with Crippen LogP contribution in [0.2, 0.25) is 0 Å². The van der Waals surface area contributed by atoms with Gasteiger partial charge in [0.15, 0.2) is 0 Å². The first-order chi connectivity index (χ1) is 7.81. The van der Waals surface area contributed by atoms with Crippen LogP contribution in [-0.4, -0.2) is 16.7 Å². The van der Waals surface area contributed by atoms with Gasteiger partial charge in [-0.05, 0) is 25.3 Å². The predicted molar refractivity (Wildman–Crippen MR) is 71.4 cm³/mol. The molecule has 0 N–H and O–H groups in total. The second-order valence-electron chi connectivity index (χ2n) is 3.38. The van der Waals surface area contributed by atoms with Crippen molar-refractivity contribution < 1.29 is 0 Å². The number of aliphatic imine (C=N–C) groups is 1. The third-order valence-electron chi connectivity index (χ3n) is 2.39. The average Bonchev–Trinajstić information content (AvgIpc) is 2.90. The minimum Gasteiger partial charge on any atom is -0.240 e. The van der Waals surface area contributed by atoms with Crippen LogP contribution in [0, 0.1) is 0 Å². The molecule has 0 unspecified atom stereocenters. The molecule has 0 aliphatic carbocycles. The van der Waals surface area contributed by atoms with E-state index in [1.807, 2.05) is 6.07 Å². The van der Waals surface area contributed by atoms with Crippen LogP contribution >= 0.6 is 22.7 Å². The third kappa shape index (κ3) is 1.36. The lowest BCUT2D eigenvalue weighted by molar-refractivity contribution is 1.11. The zero-order chi connectivity index (χ0) is 11.1. The van der Waals surface area contributed by atoms with Gasteiger partial charge in [-0.3, -0.25) is 0 Å². The first-order valence-corrected chi connectivity index (χ1v) is 6.61. The van der Waals surface area contributed by atoms with Crippen molar-refractivity contribution >= 4 is 55.0 Å². The summed E-state index contributed by atoms with van der Waals surface area (Å²) in [5.41, 5.74) is 2.03. The second-order valence-corrected chi connectivity index (χ2v) is 5.47. The summed E-state index contributed by atoms with van der Waals surface area (Å²) in [6.45, 7) is 5.63. The summed E-state index contributed by atoms with van der Waals surface area (Å²) < 4.78 is 2.35. The van der Waals surface area contributed by atoms with Gasteiger partial charge >= 0.3 is 0 Å². The van der Waals surface area contributed by atoms with E-state index in [1.165, 1.54) is 9.71 Å². The number of nitrogens with zero attached hydrogens (tertiary/aromatic N) is 3. The van der Waals surface area contributed by atoms with Crippen molar-refractivity contribution in [1.29, 1.82) is 0 Å². The minimum atomic E-state index is 0.716. The molecule has 2 heterocycles. The molecule has 3 rings (SSSR count). The first-order valence-electron chi connectivity index (χ1n) is 4.97. The van der Waals surface area contributed by atoms with E-state index >= 15 is 0 Å². The summed E-state index contributed by atoms with van der Waals surface area (Å²) in [6, 6.07) is 4.11. The summed E-state index contributed by atoms with van der Waals surface area (Å²) in [5.74, 6) is 0. The molecule has 0 atom stereocenters. The quantitative estimate of drug-likeness (QED) is 0.646. The highest BCUT2D eigenvalue weighted by molar-refractivity contribution is 7.24. The summed E-state index contributed by atoms with van der Waals surface area (Å²) >= 11 is 3.30. The Morgan fingerprint density at radius 3 is 2.94 bits per heavy atom. The molecule has 0 saturated heterocycles. The van der Waals surface area contributed by atoms with Crippen molar-refractivity contribution in [1.82, 2.24) is 9.97 Å². The van der Waals surface area contributed by atoms with Gasteiger partial charge in [0.1, 0.15) is 5.52 Å².